The van der Waals surface area contributed by atoms with Crippen molar-refractivity contribution in [2.75, 3.05) is 0 Å². The molecular formula is C40H62O. The van der Waals surface area contributed by atoms with E-state index in [4.69, 9.17) is 0 Å². The van der Waals surface area contributed by atoms with Gasteiger partial charge in [-0.05, 0) is 127 Å². The van der Waals surface area contributed by atoms with Gasteiger partial charge in [-0.15, -0.1) is 0 Å². The summed E-state index contributed by atoms with van der Waals surface area (Å²) in [6.07, 6.45) is 38.3. The second-order valence-corrected chi connectivity index (χ2v) is 12.6. The zero-order valence-electron chi connectivity index (χ0n) is 28.3. The van der Waals surface area contributed by atoms with Gasteiger partial charge in [0.1, 0.15) is 0 Å². The van der Waals surface area contributed by atoms with Crippen LogP contribution in [0, 0.1) is 0 Å². The van der Waals surface area contributed by atoms with Crippen molar-refractivity contribution in [1.82, 2.24) is 0 Å². The molecule has 0 bridgehead atoms. The highest BCUT2D eigenvalue weighted by atomic mass is 16.3. The van der Waals surface area contributed by atoms with E-state index in [1.807, 2.05) is 13.8 Å². The average molecular weight is 559 g/mol. The molecule has 0 saturated carbocycles. The lowest BCUT2D eigenvalue weighted by molar-refractivity contribution is 0.0689. The minimum Gasteiger partial charge on any atom is -0.390 e. The minimum absolute atomic E-state index is 0.570. The maximum atomic E-state index is 9.82. The van der Waals surface area contributed by atoms with Gasteiger partial charge in [0, 0.05) is 0 Å². The molecule has 0 aromatic rings. The van der Waals surface area contributed by atoms with Gasteiger partial charge >= 0.3 is 0 Å². The summed E-state index contributed by atoms with van der Waals surface area (Å²) in [5.41, 5.74) is 9.04. The van der Waals surface area contributed by atoms with Crippen LogP contribution < -0.4 is 0 Å². The van der Waals surface area contributed by atoms with Crippen LogP contribution in [-0.2, 0) is 0 Å². The maximum Gasteiger partial charge on any atom is 0.0591 e. The van der Waals surface area contributed by atoms with Crippen molar-refractivity contribution >= 4 is 0 Å². The lowest BCUT2D eigenvalue weighted by Gasteiger charge is -2.16. The molecule has 0 unspecified atom stereocenters. The zero-order chi connectivity index (χ0) is 31.1. The van der Waals surface area contributed by atoms with E-state index in [-0.39, 0.29) is 0 Å². The monoisotopic (exact) mass is 558 g/mol. The molecule has 0 fully saturated rings. The molecule has 0 spiro atoms. The number of rotatable bonds is 19. The number of allylic oxidation sites excluding steroid dienone is 20. The van der Waals surface area contributed by atoms with Crippen molar-refractivity contribution in [1.29, 1.82) is 0 Å². The van der Waals surface area contributed by atoms with Crippen molar-refractivity contribution in [3.8, 4) is 0 Å². The van der Waals surface area contributed by atoms with Gasteiger partial charge in [-0.2, -0.15) is 0 Å². The Balaban J connectivity index is 4.47. The Morgan fingerprint density at radius 2 is 0.927 bits per heavy atom. The second kappa shape index (κ2) is 23.0. The van der Waals surface area contributed by atoms with E-state index in [2.05, 4.69) is 134 Å². The predicted molar refractivity (Wildman–Crippen MR) is 187 cm³/mol. The fraction of sp³-hybridized carbons (Fsp3) is 0.500. The molecule has 228 valence electrons. The molecule has 1 N–H and O–H groups in total. The van der Waals surface area contributed by atoms with Crippen LogP contribution in [0.25, 0.3) is 0 Å². The Kier molecular flexibility index (Phi) is 21.5. The van der Waals surface area contributed by atoms with E-state index in [0.29, 0.717) is 0 Å². The summed E-state index contributed by atoms with van der Waals surface area (Å²) in [5.74, 6) is 0. The van der Waals surface area contributed by atoms with Crippen LogP contribution in [0.3, 0.4) is 0 Å². The van der Waals surface area contributed by atoms with Crippen molar-refractivity contribution in [3.63, 3.8) is 0 Å². The molecule has 1 heteroatoms. The first-order valence-corrected chi connectivity index (χ1v) is 15.6. The average Bonchev–Trinajstić information content (AvgIpc) is 2.85. The molecule has 0 heterocycles. The van der Waals surface area contributed by atoms with Crippen LogP contribution in [0.1, 0.15) is 127 Å². The largest absolute Gasteiger partial charge is 0.390 e. The number of hydrogen-bond acceptors (Lipinski definition) is 1. The van der Waals surface area contributed by atoms with Crippen molar-refractivity contribution in [2.45, 2.75) is 133 Å². The molecule has 0 aliphatic rings. The van der Waals surface area contributed by atoms with Gasteiger partial charge < -0.3 is 5.11 Å². The highest BCUT2D eigenvalue weighted by Gasteiger charge is 2.10. The van der Waals surface area contributed by atoms with Crippen LogP contribution >= 0.6 is 0 Å². The van der Waals surface area contributed by atoms with Crippen LogP contribution in [-0.4, -0.2) is 10.7 Å². The van der Waals surface area contributed by atoms with E-state index in [9.17, 15) is 5.11 Å². The van der Waals surface area contributed by atoms with Crippen molar-refractivity contribution in [3.05, 3.63) is 118 Å². The molecule has 0 rings (SSSR count). The Morgan fingerprint density at radius 1 is 0.512 bits per heavy atom. The zero-order valence-corrected chi connectivity index (χ0v) is 28.3. The molecule has 0 atom stereocenters. The first kappa shape index (κ1) is 38.4. The molecule has 0 saturated heterocycles. The van der Waals surface area contributed by atoms with Gasteiger partial charge in [0.05, 0.1) is 5.60 Å². The van der Waals surface area contributed by atoms with Gasteiger partial charge in [0.25, 0.3) is 0 Å². The lowest BCUT2D eigenvalue weighted by Crippen LogP contribution is -2.17. The van der Waals surface area contributed by atoms with Gasteiger partial charge in [-0.1, -0.05) is 118 Å². The normalized spacial score (nSPS) is 15.2. The van der Waals surface area contributed by atoms with E-state index in [1.165, 1.54) is 45.4 Å². The van der Waals surface area contributed by atoms with Crippen LogP contribution in [0.2, 0.25) is 0 Å². The summed E-state index contributed by atoms with van der Waals surface area (Å²) in [7, 11) is 0. The van der Waals surface area contributed by atoms with E-state index in [1.54, 1.807) is 0 Å². The summed E-state index contributed by atoms with van der Waals surface area (Å²) >= 11 is 0. The predicted octanol–water partition coefficient (Wildman–Crippen LogP) is 12.6. The standard InChI is InChI=1S/C40H62O/c1-33(2)19-13-22-36(5)25-16-28-37(6)26-14-23-34(3)20-11-12-21-35(4)24-15-27-38(7)29-17-30-39(8)31-18-32-40(9,10)41/h11-12,15,17,19-21,24-27,29-30,41H,13-14,16,18,22-23,28,31-32H2,1-10H3. The van der Waals surface area contributed by atoms with Gasteiger partial charge in [-0.3, -0.25) is 0 Å². The first-order chi connectivity index (χ1) is 19.3. The van der Waals surface area contributed by atoms with E-state index >= 15 is 0 Å². The smallest absolute Gasteiger partial charge is 0.0591 e. The number of aliphatic hydroxyl groups is 1. The first-order valence-electron chi connectivity index (χ1n) is 15.6. The highest BCUT2D eigenvalue weighted by molar-refractivity contribution is 5.30. The third-order valence-electron chi connectivity index (χ3n) is 6.82. The Hall–Kier alpha value is -2.64. The fourth-order valence-corrected chi connectivity index (χ4v) is 4.11. The molecule has 0 aliphatic heterocycles. The lowest BCUT2D eigenvalue weighted by atomic mass is 9.99. The van der Waals surface area contributed by atoms with E-state index < -0.39 is 5.60 Å². The summed E-state index contributed by atoms with van der Waals surface area (Å²) in [6.45, 7) is 21.2. The molecule has 0 aromatic carbocycles. The Morgan fingerprint density at radius 3 is 1.46 bits per heavy atom. The molecule has 0 radical (unpaired) electrons. The van der Waals surface area contributed by atoms with Crippen molar-refractivity contribution in [2.24, 2.45) is 0 Å². The third-order valence-corrected chi connectivity index (χ3v) is 6.82. The quantitative estimate of drug-likeness (QED) is 0.123. The summed E-state index contributed by atoms with van der Waals surface area (Å²) in [6, 6.07) is 0. The topological polar surface area (TPSA) is 20.2 Å². The minimum atomic E-state index is -0.570. The molecule has 41 heavy (non-hydrogen) atoms. The van der Waals surface area contributed by atoms with Crippen LogP contribution in [0.15, 0.2) is 118 Å². The second-order valence-electron chi connectivity index (χ2n) is 12.6. The highest BCUT2D eigenvalue weighted by Crippen LogP contribution is 2.16. The Bertz CT molecular complexity index is 1040. The van der Waals surface area contributed by atoms with Crippen LogP contribution in [0.4, 0.5) is 0 Å². The summed E-state index contributed by atoms with van der Waals surface area (Å²) < 4.78 is 0. The fourth-order valence-electron chi connectivity index (χ4n) is 4.11. The molecule has 0 aliphatic carbocycles. The molecule has 0 aromatic heterocycles. The van der Waals surface area contributed by atoms with Gasteiger partial charge in [0.2, 0.25) is 0 Å². The number of hydrogen-bond donors (Lipinski definition) is 1. The SMILES string of the molecule is CC(C)=CCCC(C)=CCCC(C)=CCCC(C)=CC=CC=C(C)C=CC=C(C)C=CC=C(C)CCCC(C)(C)O. The molecular weight excluding hydrogens is 496 g/mol. The van der Waals surface area contributed by atoms with Crippen molar-refractivity contribution < 1.29 is 5.11 Å². The van der Waals surface area contributed by atoms with Crippen LogP contribution in [0.5, 0.6) is 0 Å². The van der Waals surface area contributed by atoms with E-state index in [0.717, 1.165) is 51.4 Å². The van der Waals surface area contributed by atoms with Gasteiger partial charge in [-0.25, -0.2) is 0 Å². The Labute approximate surface area is 255 Å². The summed E-state index contributed by atoms with van der Waals surface area (Å²) in [5, 5.41) is 9.82. The summed E-state index contributed by atoms with van der Waals surface area (Å²) in [4.78, 5) is 0. The third kappa shape index (κ3) is 27.3. The molecule has 1 nitrogen and oxygen atoms in total. The van der Waals surface area contributed by atoms with Gasteiger partial charge in [0.15, 0.2) is 0 Å². The maximum absolute atomic E-state index is 9.82. The molecule has 0 amide bonds.